The van der Waals surface area contributed by atoms with Crippen LogP contribution in [-0.2, 0) is 19.6 Å². The van der Waals surface area contributed by atoms with Crippen molar-refractivity contribution >= 4 is 16.0 Å². The van der Waals surface area contributed by atoms with Gasteiger partial charge in [-0.3, -0.25) is 4.79 Å². The van der Waals surface area contributed by atoms with Gasteiger partial charge in [-0.05, 0) is 6.92 Å². The van der Waals surface area contributed by atoms with E-state index in [1.807, 2.05) is 0 Å². The molecule has 0 aliphatic rings. The molecule has 0 aromatic carbocycles. The largest absolute Gasteiger partial charge is 0.468 e. The first-order chi connectivity index (χ1) is 4.87. The van der Waals surface area contributed by atoms with Crippen LogP contribution in [0.1, 0.15) is 6.92 Å². The van der Waals surface area contributed by atoms with Crippen LogP contribution in [0.25, 0.3) is 0 Å². The summed E-state index contributed by atoms with van der Waals surface area (Å²) in [5.41, 5.74) is 0. The Morgan fingerprint density at radius 3 is 2.27 bits per heavy atom. The molecule has 0 heterocycles. The lowest BCUT2D eigenvalue weighted by Crippen LogP contribution is -2.38. The molecule has 0 radical (unpaired) electrons. The molecule has 0 amide bonds. The molecule has 0 aromatic heterocycles. The number of hydrogen-bond donors (Lipinski definition) is 1. The molecule has 0 spiro atoms. The average molecular weight is 181 g/mol. The monoisotopic (exact) mass is 181 g/mol. The summed E-state index contributed by atoms with van der Waals surface area (Å²) in [4.78, 5) is 10.6. The molecule has 0 aliphatic heterocycles. The fraction of sp³-hybridized carbons (Fsp3) is 0.800. The number of methoxy groups -OCH3 is 1. The van der Waals surface area contributed by atoms with Crippen LogP contribution < -0.4 is 4.72 Å². The van der Waals surface area contributed by atoms with Gasteiger partial charge in [0.2, 0.25) is 10.0 Å². The molecule has 0 unspecified atom stereocenters. The van der Waals surface area contributed by atoms with E-state index in [2.05, 4.69) is 9.46 Å². The van der Waals surface area contributed by atoms with Gasteiger partial charge in [-0.1, -0.05) is 0 Å². The van der Waals surface area contributed by atoms with Gasteiger partial charge in [0.1, 0.15) is 6.04 Å². The molecule has 0 aliphatic carbocycles. The number of carbonyl (C=O) groups excluding carboxylic acids is 1. The molecular formula is C5H11NO4S. The predicted molar refractivity (Wildman–Crippen MR) is 39.5 cm³/mol. The van der Waals surface area contributed by atoms with Gasteiger partial charge in [-0.25, -0.2) is 13.1 Å². The number of hydrogen-bond acceptors (Lipinski definition) is 4. The number of carbonyl (C=O) groups is 1. The van der Waals surface area contributed by atoms with Crippen LogP contribution in [0.15, 0.2) is 0 Å². The van der Waals surface area contributed by atoms with E-state index in [0.717, 1.165) is 6.26 Å². The van der Waals surface area contributed by atoms with Crippen molar-refractivity contribution in [1.82, 2.24) is 4.72 Å². The van der Waals surface area contributed by atoms with Crippen molar-refractivity contribution in [3.8, 4) is 0 Å². The summed E-state index contributed by atoms with van der Waals surface area (Å²) in [6, 6.07) is -0.824. The highest BCUT2D eigenvalue weighted by Gasteiger charge is 2.16. The quantitative estimate of drug-likeness (QED) is 0.572. The highest BCUT2D eigenvalue weighted by molar-refractivity contribution is 7.88. The molecule has 0 rings (SSSR count). The van der Waals surface area contributed by atoms with Crippen molar-refractivity contribution in [2.24, 2.45) is 0 Å². The SMILES string of the molecule is COC(=O)[C@@H](C)NS(C)(=O)=O. The topological polar surface area (TPSA) is 72.5 Å². The molecule has 1 atom stereocenters. The van der Waals surface area contributed by atoms with Crippen LogP contribution >= 0.6 is 0 Å². The lowest BCUT2D eigenvalue weighted by Gasteiger charge is -2.08. The number of rotatable bonds is 3. The maximum absolute atomic E-state index is 10.6. The second kappa shape index (κ2) is 3.68. The molecule has 11 heavy (non-hydrogen) atoms. The molecule has 0 aromatic rings. The Labute approximate surface area is 65.8 Å². The minimum absolute atomic E-state index is 0.601. The first kappa shape index (κ1) is 10.4. The minimum Gasteiger partial charge on any atom is -0.468 e. The van der Waals surface area contributed by atoms with Crippen molar-refractivity contribution in [3.05, 3.63) is 0 Å². The standard InChI is InChI=1S/C5H11NO4S/c1-4(5(7)10-2)6-11(3,8)9/h4,6H,1-3H3/t4-/m1/s1. The third-order valence-corrected chi connectivity index (χ3v) is 1.73. The Balaban J connectivity index is 4.09. The smallest absolute Gasteiger partial charge is 0.323 e. The van der Waals surface area contributed by atoms with Gasteiger partial charge in [0.15, 0.2) is 0 Å². The molecule has 0 bridgehead atoms. The zero-order valence-electron chi connectivity index (χ0n) is 6.62. The van der Waals surface area contributed by atoms with Crippen molar-refractivity contribution in [1.29, 1.82) is 0 Å². The zero-order chi connectivity index (χ0) is 9.07. The predicted octanol–water partition coefficient (Wildman–Crippen LogP) is -0.903. The van der Waals surface area contributed by atoms with Gasteiger partial charge in [0, 0.05) is 0 Å². The Bertz CT molecular complexity index is 233. The minimum atomic E-state index is -3.33. The van der Waals surface area contributed by atoms with E-state index in [1.54, 1.807) is 0 Å². The summed E-state index contributed by atoms with van der Waals surface area (Å²) in [5, 5.41) is 0. The van der Waals surface area contributed by atoms with E-state index < -0.39 is 22.0 Å². The fourth-order valence-electron chi connectivity index (χ4n) is 0.546. The van der Waals surface area contributed by atoms with Gasteiger partial charge in [0.05, 0.1) is 13.4 Å². The first-order valence-electron chi connectivity index (χ1n) is 2.92. The highest BCUT2D eigenvalue weighted by atomic mass is 32.2. The number of ether oxygens (including phenoxy) is 1. The molecule has 0 saturated heterocycles. The van der Waals surface area contributed by atoms with Gasteiger partial charge in [0.25, 0.3) is 0 Å². The second-order valence-corrected chi connectivity index (χ2v) is 3.91. The lowest BCUT2D eigenvalue weighted by atomic mass is 10.4. The lowest BCUT2D eigenvalue weighted by molar-refractivity contribution is -0.142. The van der Waals surface area contributed by atoms with Crippen molar-refractivity contribution in [2.45, 2.75) is 13.0 Å². The van der Waals surface area contributed by atoms with Crippen LogP contribution in [0.4, 0.5) is 0 Å². The van der Waals surface area contributed by atoms with Gasteiger partial charge < -0.3 is 4.74 Å². The van der Waals surface area contributed by atoms with Crippen LogP contribution in [0.3, 0.4) is 0 Å². The fourth-order valence-corrected chi connectivity index (χ4v) is 1.28. The third kappa shape index (κ3) is 4.74. The maximum atomic E-state index is 10.6. The van der Waals surface area contributed by atoms with E-state index >= 15 is 0 Å². The first-order valence-corrected chi connectivity index (χ1v) is 4.81. The Morgan fingerprint density at radius 2 is 2.00 bits per heavy atom. The van der Waals surface area contributed by atoms with Crippen LogP contribution in [0.5, 0.6) is 0 Å². The van der Waals surface area contributed by atoms with Crippen LogP contribution in [0, 0.1) is 0 Å². The summed E-state index contributed by atoms with van der Waals surface area (Å²) in [6.45, 7) is 1.41. The molecule has 6 heteroatoms. The summed E-state index contributed by atoms with van der Waals surface area (Å²) in [6.07, 6.45) is 0.979. The zero-order valence-corrected chi connectivity index (χ0v) is 7.44. The highest BCUT2D eigenvalue weighted by Crippen LogP contribution is 1.87. The van der Waals surface area contributed by atoms with Crippen LogP contribution in [0.2, 0.25) is 0 Å². The molecule has 1 N–H and O–H groups in total. The number of nitrogens with one attached hydrogen (secondary N) is 1. The third-order valence-electron chi connectivity index (χ3n) is 0.946. The van der Waals surface area contributed by atoms with Gasteiger partial charge in [-0.2, -0.15) is 0 Å². The van der Waals surface area contributed by atoms with Gasteiger partial charge >= 0.3 is 5.97 Å². The summed E-state index contributed by atoms with van der Waals surface area (Å²) < 4.78 is 27.4. The van der Waals surface area contributed by atoms with Crippen molar-refractivity contribution in [3.63, 3.8) is 0 Å². The van der Waals surface area contributed by atoms with E-state index in [0.29, 0.717) is 0 Å². The summed E-state index contributed by atoms with van der Waals surface area (Å²) in [5.74, 6) is -0.601. The Morgan fingerprint density at radius 1 is 1.55 bits per heavy atom. The van der Waals surface area contributed by atoms with E-state index in [9.17, 15) is 13.2 Å². The van der Waals surface area contributed by atoms with E-state index in [-0.39, 0.29) is 0 Å². The number of sulfonamides is 1. The molecule has 66 valence electrons. The molecular weight excluding hydrogens is 170 g/mol. The van der Waals surface area contributed by atoms with Crippen LogP contribution in [-0.4, -0.2) is 33.8 Å². The average Bonchev–Trinajstić information content (AvgIpc) is 1.82. The molecule has 5 nitrogen and oxygen atoms in total. The van der Waals surface area contributed by atoms with E-state index in [4.69, 9.17) is 0 Å². The summed E-state index contributed by atoms with van der Waals surface area (Å²) >= 11 is 0. The second-order valence-electron chi connectivity index (χ2n) is 2.13. The number of esters is 1. The molecule has 0 fully saturated rings. The normalized spacial score (nSPS) is 14.1. The van der Waals surface area contributed by atoms with Gasteiger partial charge in [-0.15, -0.1) is 0 Å². The van der Waals surface area contributed by atoms with Crippen molar-refractivity contribution in [2.75, 3.05) is 13.4 Å². The Hall–Kier alpha value is -0.620. The van der Waals surface area contributed by atoms with E-state index in [1.165, 1.54) is 14.0 Å². The van der Waals surface area contributed by atoms with Crippen molar-refractivity contribution < 1.29 is 17.9 Å². The Kier molecular flexibility index (Phi) is 3.47. The summed E-state index contributed by atoms with van der Waals surface area (Å²) in [7, 11) is -2.13. The maximum Gasteiger partial charge on any atom is 0.323 e. The molecule has 0 saturated carbocycles.